The zero-order valence-corrected chi connectivity index (χ0v) is 37.0. The fourth-order valence-electron chi connectivity index (χ4n) is 9.11. The molecule has 2 aliphatic heterocycles. The van der Waals surface area contributed by atoms with Gasteiger partial charge in [-0.05, 0) is 75.8 Å². The van der Waals surface area contributed by atoms with Gasteiger partial charge in [-0.1, -0.05) is 26.8 Å². The van der Waals surface area contributed by atoms with Crippen LogP contribution in [0.2, 0.25) is 0 Å². The van der Waals surface area contributed by atoms with Gasteiger partial charge in [-0.15, -0.1) is 22.7 Å². The number of nitrogens with one attached hydrogen (secondary N) is 2. The SMILES string of the molecule is CCO[C@@H]1c2nc(cs2)-c2ccc3c(c2)c(c(-c2cccnc2[C@H](C)OC)n3CC)CC(C)(C)COC(=O)[C@@H]2CCCN(N2)C(=O)[C@H]1CNC(=O)[C@@H]1[C@@H](C)[C@H]1c1cscn1. The Kier molecular flexibility index (Phi) is 12.3. The van der Waals surface area contributed by atoms with Gasteiger partial charge in [-0.25, -0.2) is 15.4 Å². The lowest BCUT2D eigenvalue weighted by Crippen LogP contribution is -2.58. The van der Waals surface area contributed by atoms with Crippen molar-refractivity contribution in [1.82, 2.24) is 35.3 Å². The predicted molar refractivity (Wildman–Crippen MR) is 232 cm³/mol. The number of benzene rings is 1. The number of ether oxygens (including phenoxy) is 3. The molecule has 7 atom stereocenters. The summed E-state index contributed by atoms with van der Waals surface area (Å²) in [6.45, 7) is 14.0. The Hall–Kier alpha value is -4.54. The molecule has 1 saturated carbocycles. The quantitative estimate of drug-likeness (QED) is 0.135. The molecule has 0 spiro atoms. The lowest BCUT2D eigenvalue weighted by atomic mass is 9.84. The molecule has 60 heavy (non-hydrogen) atoms. The Bertz CT molecular complexity index is 2360. The van der Waals surface area contributed by atoms with Crippen molar-refractivity contribution >= 4 is 51.4 Å². The van der Waals surface area contributed by atoms with Crippen molar-refractivity contribution in [3.8, 4) is 22.5 Å². The summed E-state index contributed by atoms with van der Waals surface area (Å²) >= 11 is 2.96. The van der Waals surface area contributed by atoms with Crippen LogP contribution in [0.25, 0.3) is 33.4 Å². The van der Waals surface area contributed by atoms with Crippen LogP contribution in [0.1, 0.15) is 94.5 Å². The Labute approximate surface area is 359 Å². The molecule has 2 amide bonds. The normalized spacial score (nSPS) is 24.8. The van der Waals surface area contributed by atoms with Crippen LogP contribution >= 0.6 is 22.7 Å². The first kappa shape index (κ1) is 42.2. The van der Waals surface area contributed by atoms with Crippen molar-refractivity contribution in [1.29, 1.82) is 0 Å². The molecule has 13 nitrogen and oxygen atoms in total. The molecule has 2 N–H and O–H groups in total. The van der Waals surface area contributed by atoms with Crippen molar-refractivity contribution in [2.24, 2.45) is 23.2 Å². The maximum absolute atomic E-state index is 14.7. The molecule has 0 unspecified atom stereocenters. The van der Waals surface area contributed by atoms with Crippen LogP contribution in [0.3, 0.4) is 0 Å². The number of methoxy groups -OCH3 is 1. The predicted octanol–water partition coefficient (Wildman–Crippen LogP) is 7.49. The van der Waals surface area contributed by atoms with Crippen molar-refractivity contribution in [3.63, 3.8) is 0 Å². The standard InChI is InChI=1S/C45H55N7O6S2/c1-8-51-35-15-14-27-18-29(35)30(39(51)28-12-10-16-46-38(28)26(4)56-7)19-45(5,6)23-58-44(55)32-13-11-17-52(50-32)43(54)31(40(57-9-2)42-49-33(27)22-60-42)20-47-41(53)37-25(3)36(37)34-21-59-24-48-34/h10,12,14-16,18,21-22,24-26,31-32,36-37,40,50H,8-9,11,13,17,19-20,23H2,1-7H3,(H,47,53)/t25-,26-,31-,32-,36-,37+,40-/m0/s1. The first-order valence-corrected chi connectivity index (χ1v) is 22.9. The Balaban J connectivity index is 1.22. The summed E-state index contributed by atoms with van der Waals surface area (Å²) in [5.41, 5.74) is 12.3. The van der Waals surface area contributed by atoms with E-state index in [1.54, 1.807) is 18.8 Å². The van der Waals surface area contributed by atoms with E-state index in [-0.39, 0.29) is 48.8 Å². The maximum Gasteiger partial charge on any atom is 0.324 e. The van der Waals surface area contributed by atoms with Gasteiger partial charge in [0.1, 0.15) is 17.2 Å². The van der Waals surface area contributed by atoms with Gasteiger partial charge in [0.2, 0.25) is 11.8 Å². The number of thiazole rings is 2. The van der Waals surface area contributed by atoms with Gasteiger partial charge < -0.3 is 24.1 Å². The Morgan fingerprint density at radius 3 is 2.75 bits per heavy atom. The molecule has 15 heteroatoms. The third-order valence-electron chi connectivity index (χ3n) is 12.4. The molecule has 8 rings (SSSR count). The average molecular weight is 854 g/mol. The van der Waals surface area contributed by atoms with Crippen molar-refractivity contribution in [3.05, 3.63) is 74.8 Å². The topological polar surface area (TPSA) is 150 Å². The molecule has 1 aromatic carbocycles. The molecular weight excluding hydrogens is 799 g/mol. The zero-order valence-electron chi connectivity index (χ0n) is 35.4. The number of amides is 2. The van der Waals surface area contributed by atoms with Crippen LogP contribution in [0.4, 0.5) is 0 Å². The number of esters is 1. The van der Waals surface area contributed by atoms with Gasteiger partial charge >= 0.3 is 5.97 Å². The lowest BCUT2D eigenvalue weighted by molar-refractivity contribution is -0.157. The molecule has 3 aliphatic rings. The number of fused-ring (bicyclic) bond motifs is 6. The average Bonchev–Trinajstić information content (AvgIpc) is 3.70. The molecule has 2 fully saturated rings. The van der Waals surface area contributed by atoms with Crippen molar-refractivity contribution in [2.75, 3.05) is 33.4 Å². The Morgan fingerprint density at radius 2 is 2.00 bits per heavy atom. The number of cyclic esters (lactones) is 1. The number of aromatic nitrogens is 4. The minimum absolute atomic E-state index is 0.0341. The minimum Gasteiger partial charge on any atom is -0.464 e. The highest BCUT2D eigenvalue weighted by Crippen LogP contribution is 2.53. The van der Waals surface area contributed by atoms with Gasteiger partial charge in [0, 0.05) is 89.6 Å². The lowest BCUT2D eigenvalue weighted by Gasteiger charge is -2.37. The summed E-state index contributed by atoms with van der Waals surface area (Å²) in [5, 5.41) is 10.4. The number of pyridine rings is 1. The summed E-state index contributed by atoms with van der Waals surface area (Å²) in [7, 11) is 1.70. The van der Waals surface area contributed by atoms with Gasteiger partial charge in [0.25, 0.3) is 0 Å². The number of carbonyl (C=O) groups excluding carboxylic acids is 3. The highest BCUT2D eigenvalue weighted by atomic mass is 32.1. The van der Waals surface area contributed by atoms with Gasteiger partial charge in [0.15, 0.2) is 0 Å². The van der Waals surface area contributed by atoms with Crippen LogP contribution in [0.15, 0.2) is 52.8 Å². The van der Waals surface area contributed by atoms with Gasteiger partial charge in [-0.2, -0.15) is 0 Å². The number of nitrogens with zero attached hydrogens (tertiary/aromatic N) is 5. The molecule has 5 aromatic rings. The summed E-state index contributed by atoms with van der Waals surface area (Å²) in [6.07, 6.45) is 2.53. The Morgan fingerprint density at radius 1 is 1.17 bits per heavy atom. The number of carbonyl (C=O) groups is 3. The van der Waals surface area contributed by atoms with Crippen molar-refractivity contribution < 1.29 is 28.6 Å². The second-order valence-electron chi connectivity index (χ2n) is 17.0. The number of aryl methyl sites for hydroxylation is 1. The largest absolute Gasteiger partial charge is 0.464 e. The van der Waals surface area contributed by atoms with Crippen LogP contribution in [-0.4, -0.2) is 81.8 Å². The molecular formula is C45H55N7O6S2. The molecule has 1 saturated heterocycles. The van der Waals surface area contributed by atoms with Crippen LogP contribution in [0, 0.1) is 23.2 Å². The number of hydrogen-bond donors (Lipinski definition) is 2. The van der Waals surface area contributed by atoms with E-state index in [2.05, 4.69) is 72.3 Å². The third kappa shape index (κ3) is 8.14. The first-order chi connectivity index (χ1) is 28.9. The minimum atomic E-state index is -0.835. The smallest absolute Gasteiger partial charge is 0.324 e. The van der Waals surface area contributed by atoms with Crippen LogP contribution < -0.4 is 10.7 Å². The molecule has 0 radical (unpaired) electrons. The second kappa shape index (κ2) is 17.4. The van der Waals surface area contributed by atoms with E-state index in [0.717, 1.165) is 50.4 Å². The van der Waals surface area contributed by atoms with Crippen LogP contribution in [0.5, 0.6) is 0 Å². The fraction of sp³-hybridized carbons (Fsp3) is 0.511. The summed E-state index contributed by atoms with van der Waals surface area (Å²) in [4.78, 5) is 56.8. The molecule has 6 heterocycles. The van der Waals surface area contributed by atoms with E-state index >= 15 is 0 Å². The van der Waals surface area contributed by atoms with E-state index < -0.39 is 29.4 Å². The van der Waals surface area contributed by atoms with E-state index in [4.69, 9.17) is 24.2 Å². The third-order valence-corrected chi connectivity index (χ3v) is 13.9. The number of hydrogen-bond acceptors (Lipinski definition) is 12. The summed E-state index contributed by atoms with van der Waals surface area (Å²) < 4.78 is 20.7. The van der Waals surface area contributed by atoms with Crippen LogP contribution in [-0.2, 0) is 41.6 Å². The van der Waals surface area contributed by atoms with E-state index in [9.17, 15) is 14.4 Å². The molecule has 318 valence electrons. The van der Waals surface area contributed by atoms with E-state index in [0.29, 0.717) is 44.0 Å². The fourth-order valence-corrected chi connectivity index (χ4v) is 10.7. The summed E-state index contributed by atoms with van der Waals surface area (Å²) in [5.74, 6) is -1.68. The van der Waals surface area contributed by atoms with Gasteiger partial charge in [-0.3, -0.25) is 24.4 Å². The van der Waals surface area contributed by atoms with Gasteiger partial charge in [0.05, 0.1) is 46.9 Å². The maximum atomic E-state index is 14.7. The second-order valence-corrected chi connectivity index (χ2v) is 18.6. The molecule has 4 aromatic heterocycles. The monoisotopic (exact) mass is 853 g/mol. The van der Waals surface area contributed by atoms with Crippen molar-refractivity contribution in [2.45, 2.75) is 91.5 Å². The highest BCUT2D eigenvalue weighted by Gasteiger charge is 2.53. The van der Waals surface area contributed by atoms with E-state index in [1.165, 1.54) is 27.7 Å². The number of rotatable bonds is 10. The zero-order chi connectivity index (χ0) is 42.3. The van der Waals surface area contributed by atoms with E-state index in [1.807, 2.05) is 30.7 Å². The number of hydrazine groups is 1. The highest BCUT2D eigenvalue weighted by molar-refractivity contribution is 7.10. The molecule has 1 aliphatic carbocycles. The summed E-state index contributed by atoms with van der Waals surface area (Å²) in [6, 6.07) is 9.81. The molecule has 6 bridgehead atoms. The first-order valence-electron chi connectivity index (χ1n) is 21.0.